The Labute approximate surface area is 272 Å². The normalized spacial score (nSPS) is 14.2. The Morgan fingerprint density at radius 3 is 1.94 bits per heavy atom. The van der Waals surface area contributed by atoms with E-state index in [9.17, 15) is 27.4 Å². The Morgan fingerprint density at radius 1 is 0.830 bits per heavy atom. The third-order valence-electron chi connectivity index (χ3n) is 7.09. The van der Waals surface area contributed by atoms with Crippen LogP contribution >= 0.6 is 19.4 Å². The minimum atomic E-state index is -4.82. The summed E-state index contributed by atoms with van der Waals surface area (Å²) in [5.74, 6) is 0.152. The molecule has 0 saturated carbocycles. The Hall–Kier alpha value is -4.38. The first-order chi connectivity index (χ1) is 22.2. The van der Waals surface area contributed by atoms with Crippen molar-refractivity contribution in [3.05, 3.63) is 147 Å². The second kappa shape index (κ2) is 13.8. The van der Waals surface area contributed by atoms with E-state index in [1.165, 1.54) is 12.1 Å². The number of ether oxygens (including phenoxy) is 2. The van der Waals surface area contributed by atoms with Gasteiger partial charge >= 0.3 is 14.2 Å². The number of rotatable bonds is 11. The van der Waals surface area contributed by atoms with Crippen molar-refractivity contribution in [2.75, 3.05) is 0 Å². The van der Waals surface area contributed by atoms with Gasteiger partial charge in [0.2, 0.25) is 5.43 Å². The summed E-state index contributed by atoms with van der Waals surface area (Å²) in [6.45, 7) is 2.93. The standard InChI is InChI=1S/C34H28ClF3NO7P/c1-22-30(35)31(40)29(24-13-15-26(16-14-24)44-27-17-19-28(20-18-27)45-34(36,37)38)32(39-22)33(2,25-11-7-4-8-12-25)46-47(41,42)43-21-23-9-5-3-6-10-23/h3-20H,21H2,1-2H3,(H,39,40)(H,41,42). The maximum absolute atomic E-state index is 13.8. The fourth-order valence-electron chi connectivity index (χ4n) is 4.85. The third-order valence-corrected chi connectivity index (χ3v) is 8.60. The number of benzene rings is 4. The number of phosphoric acid groups is 1. The second-order valence-corrected chi connectivity index (χ2v) is 12.3. The summed E-state index contributed by atoms with van der Waals surface area (Å²) in [7, 11) is -4.77. The molecule has 2 N–H and O–H groups in total. The van der Waals surface area contributed by atoms with Crippen molar-refractivity contribution in [3.63, 3.8) is 0 Å². The van der Waals surface area contributed by atoms with Gasteiger partial charge in [-0.2, -0.15) is 0 Å². The first kappa shape index (κ1) is 34.0. The van der Waals surface area contributed by atoms with Crippen LogP contribution in [0, 0.1) is 6.92 Å². The fraction of sp³-hybridized carbons (Fsp3) is 0.147. The molecule has 0 fully saturated rings. The van der Waals surface area contributed by atoms with E-state index in [4.69, 9.17) is 25.4 Å². The highest BCUT2D eigenvalue weighted by Crippen LogP contribution is 2.53. The summed E-state index contributed by atoms with van der Waals surface area (Å²) >= 11 is 6.42. The number of pyridine rings is 1. The van der Waals surface area contributed by atoms with Crippen molar-refractivity contribution < 1.29 is 41.2 Å². The van der Waals surface area contributed by atoms with Crippen LogP contribution in [-0.4, -0.2) is 16.2 Å². The lowest BCUT2D eigenvalue weighted by atomic mass is 9.86. The van der Waals surface area contributed by atoms with E-state index >= 15 is 0 Å². The van der Waals surface area contributed by atoms with Crippen molar-refractivity contribution in [1.82, 2.24) is 4.98 Å². The molecule has 2 unspecified atom stereocenters. The van der Waals surface area contributed by atoms with Gasteiger partial charge in [-0.1, -0.05) is 84.4 Å². The number of alkyl halides is 3. The maximum Gasteiger partial charge on any atom is 0.573 e. The number of H-pyrrole nitrogens is 1. The largest absolute Gasteiger partial charge is 0.573 e. The van der Waals surface area contributed by atoms with Gasteiger partial charge in [-0.05, 0) is 66.9 Å². The number of hydrogen-bond acceptors (Lipinski definition) is 6. The highest BCUT2D eigenvalue weighted by Gasteiger charge is 2.42. The van der Waals surface area contributed by atoms with E-state index in [-0.39, 0.29) is 28.6 Å². The summed E-state index contributed by atoms with van der Waals surface area (Å²) in [5, 5.41) is -0.0897. The van der Waals surface area contributed by atoms with Crippen molar-refractivity contribution in [1.29, 1.82) is 0 Å². The minimum Gasteiger partial charge on any atom is -0.457 e. The topological polar surface area (TPSA) is 107 Å². The van der Waals surface area contributed by atoms with Crippen LogP contribution in [0.15, 0.2) is 114 Å². The van der Waals surface area contributed by atoms with Crippen molar-refractivity contribution in [2.45, 2.75) is 32.4 Å². The molecular weight excluding hydrogens is 658 g/mol. The molecule has 0 aliphatic carbocycles. The lowest BCUT2D eigenvalue weighted by Crippen LogP contribution is -2.32. The number of phosphoric ester groups is 1. The van der Waals surface area contributed by atoms with E-state index in [0.717, 1.165) is 12.1 Å². The van der Waals surface area contributed by atoms with Crippen molar-refractivity contribution in [2.24, 2.45) is 0 Å². The molecule has 0 aliphatic rings. The smallest absolute Gasteiger partial charge is 0.457 e. The number of aromatic amines is 1. The quantitative estimate of drug-likeness (QED) is 0.134. The Bertz CT molecular complexity index is 1940. The van der Waals surface area contributed by atoms with Gasteiger partial charge in [-0.25, -0.2) is 4.57 Å². The molecule has 0 aliphatic heterocycles. The number of hydrogen-bond donors (Lipinski definition) is 2. The van der Waals surface area contributed by atoms with Crippen molar-refractivity contribution >= 4 is 19.4 Å². The lowest BCUT2D eigenvalue weighted by molar-refractivity contribution is -0.274. The van der Waals surface area contributed by atoms with Gasteiger partial charge in [0.05, 0.1) is 17.9 Å². The van der Waals surface area contributed by atoms with Gasteiger partial charge in [0.15, 0.2) is 0 Å². The molecule has 0 radical (unpaired) electrons. The van der Waals surface area contributed by atoms with Gasteiger partial charge in [0, 0.05) is 5.69 Å². The molecule has 2 atom stereocenters. The molecule has 0 spiro atoms. The Kier molecular flexibility index (Phi) is 9.95. The molecular formula is C34H28ClF3NO7P. The van der Waals surface area contributed by atoms with Gasteiger partial charge in [-0.3, -0.25) is 13.8 Å². The summed E-state index contributed by atoms with van der Waals surface area (Å²) in [6.07, 6.45) is -4.82. The highest BCUT2D eigenvalue weighted by molar-refractivity contribution is 7.47. The van der Waals surface area contributed by atoms with Crippen LogP contribution < -0.4 is 14.9 Å². The zero-order chi connectivity index (χ0) is 33.8. The van der Waals surface area contributed by atoms with Crippen LogP contribution in [0.25, 0.3) is 11.1 Å². The summed E-state index contributed by atoms with van der Waals surface area (Å²) in [4.78, 5) is 27.9. The average molecular weight is 686 g/mol. The molecule has 244 valence electrons. The maximum atomic E-state index is 13.8. The molecule has 8 nitrogen and oxygen atoms in total. The molecule has 1 aromatic heterocycles. The molecule has 0 amide bonds. The number of halogens is 4. The van der Waals surface area contributed by atoms with E-state index in [2.05, 4.69) is 9.72 Å². The molecule has 13 heteroatoms. The zero-order valence-corrected chi connectivity index (χ0v) is 26.6. The van der Waals surface area contributed by atoms with Gasteiger partial charge in [0.1, 0.15) is 27.9 Å². The number of nitrogens with one attached hydrogen (secondary N) is 1. The number of aromatic nitrogens is 1. The SMILES string of the molecule is Cc1[nH]c(C(C)(OP(=O)(O)OCc2ccccc2)c2ccccc2)c(-c2ccc(Oc3ccc(OC(F)(F)F)cc3)cc2)c(=O)c1Cl. The predicted octanol–water partition coefficient (Wildman–Crippen LogP) is 9.29. The summed E-state index contributed by atoms with van der Waals surface area (Å²) in [6, 6.07) is 28.5. The predicted molar refractivity (Wildman–Crippen MR) is 170 cm³/mol. The van der Waals surface area contributed by atoms with Crippen LogP contribution in [0.1, 0.15) is 29.4 Å². The highest BCUT2D eigenvalue weighted by atomic mass is 35.5. The zero-order valence-electron chi connectivity index (χ0n) is 25.0. The molecule has 5 rings (SSSR count). The second-order valence-electron chi connectivity index (χ2n) is 10.5. The summed E-state index contributed by atoms with van der Waals surface area (Å²) in [5.41, 5.74) is -0.329. The molecule has 0 bridgehead atoms. The van der Waals surface area contributed by atoms with Gasteiger partial charge in [0.25, 0.3) is 0 Å². The lowest BCUT2D eigenvalue weighted by Gasteiger charge is -2.33. The van der Waals surface area contributed by atoms with E-state index in [1.54, 1.807) is 98.8 Å². The summed E-state index contributed by atoms with van der Waals surface area (Å²) < 4.78 is 71.9. The first-order valence-electron chi connectivity index (χ1n) is 14.1. The Balaban J connectivity index is 1.51. The number of aryl methyl sites for hydroxylation is 1. The van der Waals surface area contributed by atoms with Crippen LogP contribution in [0.2, 0.25) is 5.02 Å². The monoisotopic (exact) mass is 685 g/mol. The fourth-order valence-corrected chi connectivity index (χ4v) is 6.02. The van der Waals surface area contributed by atoms with E-state index < -0.39 is 31.0 Å². The van der Waals surface area contributed by atoms with Crippen molar-refractivity contribution in [3.8, 4) is 28.4 Å². The molecule has 4 aromatic carbocycles. The van der Waals surface area contributed by atoms with Gasteiger partial charge in [-0.15, -0.1) is 13.2 Å². The third kappa shape index (κ3) is 8.32. The first-order valence-corrected chi connectivity index (χ1v) is 16.0. The van der Waals surface area contributed by atoms with Gasteiger partial charge < -0.3 is 19.4 Å². The molecule has 47 heavy (non-hydrogen) atoms. The van der Waals surface area contributed by atoms with Crippen LogP contribution in [-0.2, 0) is 25.8 Å². The molecule has 1 heterocycles. The van der Waals surface area contributed by atoms with Crippen LogP contribution in [0.5, 0.6) is 17.2 Å². The molecule has 5 aromatic rings. The van der Waals surface area contributed by atoms with Crippen LogP contribution in [0.4, 0.5) is 13.2 Å². The van der Waals surface area contributed by atoms with Crippen LogP contribution in [0.3, 0.4) is 0 Å². The Morgan fingerprint density at radius 2 is 1.36 bits per heavy atom. The van der Waals surface area contributed by atoms with E-state index in [1.807, 2.05) is 0 Å². The van der Waals surface area contributed by atoms with E-state index in [0.29, 0.717) is 28.1 Å². The molecule has 0 saturated heterocycles. The average Bonchev–Trinajstić information content (AvgIpc) is 3.04. The minimum absolute atomic E-state index is 0.0650.